The number of hydrogen-bond donors (Lipinski definition) is 1. The van der Waals surface area contributed by atoms with E-state index in [9.17, 15) is 8.78 Å². The van der Waals surface area contributed by atoms with Crippen LogP contribution in [0.5, 0.6) is 0 Å². The fraction of sp³-hybridized carbons (Fsp3) is 0.500. The minimum Gasteiger partial charge on any atom is -0.306 e. The maximum absolute atomic E-state index is 12.8. The summed E-state index contributed by atoms with van der Waals surface area (Å²) in [4.78, 5) is 0. The average Bonchev–Trinajstić information content (AvgIpc) is 2.11. The number of rotatable bonds is 4. The number of alkyl halides is 2. The van der Waals surface area contributed by atoms with Gasteiger partial charge < -0.3 is 5.32 Å². The van der Waals surface area contributed by atoms with Crippen molar-refractivity contribution in [3.63, 3.8) is 0 Å². The molecule has 0 bridgehead atoms. The van der Waals surface area contributed by atoms with Gasteiger partial charge in [0.1, 0.15) is 0 Å². The molecule has 1 aromatic carbocycles. The van der Waals surface area contributed by atoms with Crippen LogP contribution in [0.3, 0.4) is 0 Å². The van der Waals surface area contributed by atoms with Crippen molar-refractivity contribution in [3.8, 4) is 0 Å². The van der Waals surface area contributed by atoms with Crippen molar-refractivity contribution in [2.24, 2.45) is 0 Å². The first-order chi connectivity index (χ1) is 7.04. The quantitative estimate of drug-likeness (QED) is 0.809. The Morgan fingerprint density at radius 3 is 2.07 bits per heavy atom. The van der Waals surface area contributed by atoms with Gasteiger partial charge in [0, 0.05) is 0 Å². The zero-order valence-electron chi connectivity index (χ0n) is 9.35. The normalized spacial score (nSPS) is 13.2. The molecule has 0 fully saturated rings. The SMILES string of the molecule is CCNC(c1cc(C)cc(C)c1)C(F)F. The molecule has 1 N–H and O–H groups in total. The zero-order valence-corrected chi connectivity index (χ0v) is 9.35. The monoisotopic (exact) mass is 213 g/mol. The maximum atomic E-state index is 12.8. The number of benzene rings is 1. The number of nitrogens with one attached hydrogen (secondary N) is 1. The van der Waals surface area contributed by atoms with Crippen LogP contribution in [0.2, 0.25) is 0 Å². The highest BCUT2D eigenvalue weighted by molar-refractivity contribution is 5.31. The molecular formula is C12H17F2N. The Balaban J connectivity index is 2.99. The first-order valence-electron chi connectivity index (χ1n) is 5.14. The van der Waals surface area contributed by atoms with Crippen LogP contribution in [0, 0.1) is 13.8 Å². The molecule has 0 spiro atoms. The summed E-state index contributed by atoms with van der Waals surface area (Å²) in [6.45, 7) is 6.22. The van der Waals surface area contributed by atoms with Gasteiger partial charge in [0.2, 0.25) is 0 Å². The van der Waals surface area contributed by atoms with Crippen molar-refractivity contribution in [1.82, 2.24) is 5.32 Å². The average molecular weight is 213 g/mol. The van der Waals surface area contributed by atoms with Crippen molar-refractivity contribution in [2.75, 3.05) is 6.54 Å². The summed E-state index contributed by atoms with van der Waals surface area (Å²) >= 11 is 0. The molecule has 3 heteroatoms. The third-order valence-corrected chi connectivity index (χ3v) is 2.28. The Kier molecular flexibility index (Phi) is 4.21. The van der Waals surface area contributed by atoms with Crippen LogP contribution in [0.15, 0.2) is 18.2 Å². The van der Waals surface area contributed by atoms with Crippen LogP contribution in [0.25, 0.3) is 0 Å². The minimum absolute atomic E-state index is 0.544. The van der Waals surface area contributed by atoms with Gasteiger partial charge in [-0.25, -0.2) is 8.78 Å². The predicted octanol–water partition coefficient (Wildman–Crippen LogP) is 3.22. The highest BCUT2D eigenvalue weighted by Crippen LogP contribution is 2.22. The summed E-state index contributed by atoms with van der Waals surface area (Å²) in [5.41, 5.74) is 2.71. The third-order valence-electron chi connectivity index (χ3n) is 2.28. The molecule has 1 atom stereocenters. The number of aryl methyl sites for hydroxylation is 2. The Morgan fingerprint density at radius 1 is 1.13 bits per heavy atom. The molecule has 0 saturated carbocycles. The molecule has 0 saturated heterocycles. The molecule has 84 valence electrons. The molecule has 0 aliphatic carbocycles. The van der Waals surface area contributed by atoms with Crippen molar-refractivity contribution in [2.45, 2.75) is 33.2 Å². The van der Waals surface area contributed by atoms with Crippen molar-refractivity contribution in [3.05, 3.63) is 34.9 Å². The van der Waals surface area contributed by atoms with E-state index >= 15 is 0 Å². The van der Waals surface area contributed by atoms with Gasteiger partial charge in [-0.1, -0.05) is 36.2 Å². The fourth-order valence-corrected chi connectivity index (χ4v) is 1.76. The summed E-state index contributed by atoms with van der Waals surface area (Å²) in [6, 6.07) is 4.75. The van der Waals surface area contributed by atoms with Crippen LogP contribution in [-0.4, -0.2) is 13.0 Å². The lowest BCUT2D eigenvalue weighted by Gasteiger charge is -2.18. The minimum atomic E-state index is -2.37. The van der Waals surface area contributed by atoms with Crippen molar-refractivity contribution < 1.29 is 8.78 Å². The molecule has 1 nitrogen and oxygen atoms in total. The van der Waals surface area contributed by atoms with E-state index in [1.807, 2.05) is 39.0 Å². The highest BCUT2D eigenvalue weighted by atomic mass is 19.3. The van der Waals surface area contributed by atoms with Gasteiger partial charge in [-0.05, 0) is 26.0 Å². The van der Waals surface area contributed by atoms with Crippen LogP contribution >= 0.6 is 0 Å². The van der Waals surface area contributed by atoms with Gasteiger partial charge >= 0.3 is 0 Å². The summed E-state index contributed by atoms with van der Waals surface area (Å²) in [6.07, 6.45) is -2.37. The summed E-state index contributed by atoms with van der Waals surface area (Å²) < 4.78 is 25.5. The fourth-order valence-electron chi connectivity index (χ4n) is 1.76. The molecular weight excluding hydrogens is 196 g/mol. The smallest absolute Gasteiger partial charge is 0.257 e. The Bertz CT molecular complexity index is 303. The lowest BCUT2D eigenvalue weighted by molar-refractivity contribution is 0.0992. The predicted molar refractivity (Wildman–Crippen MR) is 58.3 cm³/mol. The van der Waals surface area contributed by atoms with Gasteiger partial charge in [-0.15, -0.1) is 0 Å². The van der Waals surface area contributed by atoms with E-state index in [2.05, 4.69) is 5.32 Å². The Morgan fingerprint density at radius 2 is 1.67 bits per heavy atom. The molecule has 1 aromatic rings. The molecule has 0 heterocycles. The van der Waals surface area contributed by atoms with Crippen LogP contribution in [0.4, 0.5) is 8.78 Å². The lowest BCUT2D eigenvalue weighted by Crippen LogP contribution is -2.27. The molecule has 0 aliphatic rings. The number of hydrogen-bond acceptors (Lipinski definition) is 1. The molecule has 0 amide bonds. The molecule has 0 aromatic heterocycles. The van der Waals surface area contributed by atoms with Gasteiger partial charge in [-0.2, -0.15) is 0 Å². The summed E-state index contributed by atoms with van der Waals surface area (Å²) in [7, 11) is 0. The lowest BCUT2D eigenvalue weighted by atomic mass is 10.0. The molecule has 1 unspecified atom stereocenters. The van der Waals surface area contributed by atoms with Crippen molar-refractivity contribution >= 4 is 0 Å². The zero-order chi connectivity index (χ0) is 11.4. The van der Waals surface area contributed by atoms with E-state index in [0.717, 1.165) is 11.1 Å². The van der Waals surface area contributed by atoms with E-state index in [-0.39, 0.29) is 0 Å². The Hall–Kier alpha value is -0.960. The summed E-state index contributed by atoms with van der Waals surface area (Å²) in [5, 5.41) is 2.80. The van der Waals surface area contributed by atoms with E-state index in [0.29, 0.717) is 12.1 Å². The van der Waals surface area contributed by atoms with Gasteiger partial charge in [0.25, 0.3) is 6.43 Å². The standard InChI is InChI=1S/C12H17F2N/c1-4-15-11(12(13)14)10-6-8(2)5-9(3)7-10/h5-7,11-12,15H,4H2,1-3H3. The van der Waals surface area contributed by atoms with E-state index in [4.69, 9.17) is 0 Å². The van der Waals surface area contributed by atoms with Crippen LogP contribution in [0.1, 0.15) is 29.7 Å². The van der Waals surface area contributed by atoms with Crippen LogP contribution in [-0.2, 0) is 0 Å². The van der Waals surface area contributed by atoms with Gasteiger partial charge in [0.05, 0.1) is 6.04 Å². The van der Waals surface area contributed by atoms with E-state index in [1.54, 1.807) is 0 Å². The second-order valence-electron chi connectivity index (χ2n) is 3.79. The summed E-state index contributed by atoms with van der Waals surface area (Å²) in [5.74, 6) is 0. The van der Waals surface area contributed by atoms with E-state index < -0.39 is 12.5 Å². The van der Waals surface area contributed by atoms with Gasteiger partial charge in [-0.3, -0.25) is 0 Å². The molecule has 15 heavy (non-hydrogen) atoms. The maximum Gasteiger partial charge on any atom is 0.257 e. The van der Waals surface area contributed by atoms with Gasteiger partial charge in [0.15, 0.2) is 0 Å². The van der Waals surface area contributed by atoms with E-state index in [1.165, 1.54) is 0 Å². The highest BCUT2D eigenvalue weighted by Gasteiger charge is 2.21. The third kappa shape index (κ3) is 3.27. The first-order valence-corrected chi connectivity index (χ1v) is 5.14. The number of halogens is 2. The Labute approximate surface area is 89.5 Å². The van der Waals surface area contributed by atoms with Crippen molar-refractivity contribution in [1.29, 1.82) is 0 Å². The first kappa shape index (κ1) is 12.1. The molecule has 1 rings (SSSR count). The topological polar surface area (TPSA) is 12.0 Å². The van der Waals surface area contributed by atoms with Crippen LogP contribution < -0.4 is 5.32 Å². The second-order valence-corrected chi connectivity index (χ2v) is 3.79. The second kappa shape index (κ2) is 5.21. The largest absolute Gasteiger partial charge is 0.306 e. The molecule has 0 radical (unpaired) electrons. The molecule has 0 aliphatic heterocycles.